The fourth-order valence-corrected chi connectivity index (χ4v) is 0. The second-order valence-corrected chi connectivity index (χ2v) is 1.68. The third-order valence-electron chi connectivity index (χ3n) is 0. The first-order valence-corrected chi connectivity index (χ1v) is 2.75. The zero-order valence-corrected chi connectivity index (χ0v) is 4.62. The molecule has 0 bridgehead atoms. The molecule has 0 N–H and O–H groups in total. The molecule has 0 aromatic rings. The van der Waals surface area contributed by atoms with E-state index in [1.165, 1.54) is 0 Å². The van der Waals surface area contributed by atoms with Gasteiger partial charge in [-0.3, -0.25) is 0 Å². The van der Waals surface area contributed by atoms with Gasteiger partial charge in [-0.25, -0.2) is 0 Å². The molecule has 0 amide bonds. The van der Waals surface area contributed by atoms with Gasteiger partial charge in [-0.05, 0) is 0 Å². The maximum atomic E-state index is 8.59. The molecule has 0 saturated heterocycles. The fraction of sp³-hybridized carbons (Fsp3) is 0. The van der Waals surface area contributed by atoms with Crippen molar-refractivity contribution in [2.75, 3.05) is 0 Å². The van der Waals surface area contributed by atoms with Gasteiger partial charge in [0.2, 0.25) is 0 Å². The number of hydrogen-bond acceptors (Lipinski definition) is 4. The summed E-state index contributed by atoms with van der Waals surface area (Å²) in [4.78, 5) is 0. The summed E-state index contributed by atoms with van der Waals surface area (Å²) in [7, 11) is 0. The average Bonchev–Trinajstić information content (AvgIpc) is 0.722. The summed E-state index contributed by atoms with van der Waals surface area (Å²) in [6.45, 7) is 0. The molecule has 0 aliphatic rings. The molecule has 0 aliphatic carbocycles. The monoisotopic (exact) mass is 174 g/mol. The van der Waals surface area contributed by atoms with Gasteiger partial charge in [-0.1, -0.05) is 0 Å². The Hall–Kier alpha value is 0.546. The molecule has 0 heterocycles. The van der Waals surface area contributed by atoms with E-state index >= 15 is 0 Å². The standard InChI is InChI=1S/Cr.Ni.4O/q;+2;;;2*-1. The Morgan fingerprint density at radius 2 is 1.17 bits per heavy atom. The zero-order valence-electron chi connectivity index (χ0n) is 2.36. The average molecular weight is 175 g/mol. The Morgan fingerprint density at radius 3 is 1.17 bits per heavy atom. The Morgan fingerprint density at radius 1 is 1.17 bits per heavy atom. The van der Waals surface area contributed by atoms with E-state index in [4.69, 9.17) is 15.9 Å². The van der Waals surface area contributed by atoms with Crippen LogP contribution in [0.1, 0.15) is 0 Å². The van der Waals surface area contributed by atoms with Crippen LogP contribution >= 0.6 is 0 Å². The molecule has 0 aromatic heterocycles. The SMILES string of the molecule is [Ni+2].[O]=[Cr](=[O])([O-])[O-]. The van der Waals surface area contributed by atoms with E-state index in [2.05, 4.69) is 0 Å². The van der Waals surface area contributed by atoms with Gasteiger partial charge in [0.15, 0.2) is 0 Å². The van der Waals surface area contributed by atoms with E-state index in [0.29, 0.717) is 0 Å². The Bertz CT molecular complexity index is 90.7. The van der Waals surface area contributed by atoms with Crippen LogP contribution in [0.15, 0.2) is 0 Å². The topological polar surface area (TPSA) is 80.3 Å². The van der Waals surface area contributed by atoms with Gasteiger partial charge in [0.1, 0.15) is 0 Å². The summed E-state index contributed by atoms with van der Waals surface area (Å²) in [6.07, 6.45) is 0. The van der Waals surface area contributed by atoms with E-state index in [1.54, 1.807) is 0 Å². The van der Waals surface area contributed by atoms with E-state index in [0.717, 1.165) is 0 Å². The molecule has 0 saturated carbocycles. The summed E-state index contributed by atoms with van der Waals surface area (Å²) in [5.74, 6) is 0. The second kappa shape index (κ2) is 2.67. The number of rotatable bonds is 0. The summed E-state index contributed by atoms with van der Waals surface area (Å²) in [5, 5.41) is 0. The minimum absolute atomic E-state index is 0. The van der Waals surface area contributed by atoms with Crippen LogP contribution in [-0.2, 0) is 37.7 Å². The van der Waals surface area contributed by atoms with E-state index in [-0.39, 0.29) is 16.5 Å². The Kier molecular flexibility index (Phi) is 4.34. The molecule has 0 unspecified atom stereocenters. The normalized spacial score (nSPS) is 9.67. The van der Waals surface area contributed by atoms with E-state index in [9.17, 15) is 0 Å². The van der Waals surface area contributed by atoms with Crippen molar-refractivity contribution in [2.45, 2.75) is 0 Å². The van der Waals surface area contributed by atoms with Crippen LogP contribution in [0.5, 0.6) is 0 Å². The molecule has 0 rings (SSSR count). The van der Waals surface area contributed by atoms with Crippen molar-refractivity contribution >= 4 is 0 Å². The van der Waals surface area contributed by atoms with Crippen LogP contribution in [0, 0.1) is 0 Å². The third kappa shape index (κ3) is 192. The van der Waals surface area contributed by atoms with Crippen molar-refractivity contribution < 1.29 is 46.0 Å². The first kappa shape index (κ1) is 9.74. The first-order chi connectivity index (χ1) is 2.00. The van der Waals surface area contributed by atoms with Crippen molar-refractivity contribution in [1.29, 1.82) is 0 Å². The van der Waals surface area contributed by atoms with Gasteiger partial charge in [0.05, 0.1) is 0 Å². The molecule has 0 atom stereocenters. The first-order valence-electron chi connectivity index (χ1n) is 0.667. The van der Waals surface area contributed by atoms with Crippen LogP contribution in [-0.4, -0.2) is 0 Å². The molecule has 4 nitrogen and oxygen atoms in total. The molecular formula is CrNiO4. The van der Waals surface area contributed by atoms with Gasteiger partial charge < -0.3 is 0 Å². The predicted octanol–water partition coefficient (Wildman–Crippen LogP) is -2.62. The summed E-state index contributed by atoms with van der Waals surface area (Å²) < 4.78 is 34.4. The van der Waals surface area contributed by atoms with Gasteiger partial charge in [0, 0.05) is 0 Å². The number of hydrogen-bond donors (Lipinski definition) is 0. The molecule has 0 aliphatic heterocycles. The minimum atomic E-state index is -5.75. The van der Waals surface area contributed by atoms with Crippen LogP contribution < -0.4 is 8.32 Å². The molecule has 0 spiro atoms. The van der Waals surface area contributed by atoms with Gasteiger partial charge in [0.25, 0.3) is 0 Å². The van der Waals surface area contributed by atoms with Crippen LogP contribution in [0.4, 0.5) is 0 Å². The van der Waals surface area contributed by atoms with Gasteiger partial charge in [-0.2, -0.15) is 0 Å². The van der Waals surface area contributed by atoms with Gasteiger partial charge in [-0.15, -0.1) is 0 Å². The Labute approximate surface area is 46.5 Å². The summed E-state index contributed by atoms with van der Waals surface area (Å²) >= 11 is -5.75. The molecule has 0 radical (unpaired) electrons. The van der Waals surface area contributed by atoms with Gasteiger partial charge >= 0.3 is 46.0 Å². The second-order valence-electron chi connectivity index (χ2n) is 0.408. The van der Waals surface area contributed by atoms with Crippen LogP contribution in [0.25, 0.3) is 0 Å². The van der Waals surface area contributed by atoms with Crippen molar-refractivity contribution in [3.63, 3.8) is 0 Å². The van der Waals surface area contributed by atoms with Crippen molar-refractivity contribution in [3.8, 4) is 0 Å². The summed E-state index contributed by atoms with van der Waals surface area (Å²) in [5.41, 5.74) is 0. The maximum absolute atomic E-state index is 8.59. The molecule has 0 aromatic carbocycles. The molecule has 40 valence electrons. The molecule has 6 heavy (non-hydrogen) atoms. The Balaban J connectivity index is 0. The third-order valence-corrected chi connectivity index (χ3v) is 0. The zero-order chi connectivity index (χ0) is 4.50. The molecular weight excluding hydrogens is 175 g/mol. The van der Waals surface area contributed by atoms with Crippen molar-refractivity contribution in [3.05, 3.63) is 0 Å². The fourth-order valence-electron chi connectivity index (χ4n) is 0. The van der Waals surface area contributed by atoms with Crippen molar-refractivity contribution in [1.82, 2.24) is 0 Å². The van der Waals surface area contributed by atoms with E-state index < -0.39 is 13.6 Å². The van der Waals surface area contributed by atoms with Crippen LogP contribution in [0.2, 0.25) is 0 Å². The van der Waals surface area contributed by atoms with E-state index in [1.807, 2.05) is 0 Å². The molecule has 6 heteroatoms. The summed E-state index contributed by atoms with van der Waals surface area (Å²) in [6, 6.07) is 0. The molecule has 0 fully saturated rings. The van der Waals surface area contributed by atoms with Crippen LogP contribution in [0.3, 0.4) is 0 Å². The van der Waals surface area contributed by atoms with Crippen molar-refractivity contribution in [2.24, 2.45) is 0 Å². The predicted molar refractivity (Wildman–Crippen MR) is 1.37 cm³/mol. The quantitative estimate of drug-likeness (QED) is 0.377.